The zero-order valence-electron chi connectivity index (χ0n) is 35.5. The maximum Gasteiger partial charge on any atom is 0.262 e. The highest BCUT2D eigenvalue weighted by Gasteiger charge is 2.65. The van der Waals surface area contributed by atoms with Crippen molar-refractivity contribution in [3.8, 4) is 11.8 Å². The summed E-state index contributed by atoms with van der Waals surface area (Å²) in [5.74, 6) is -0.632. The highest BCUT2D eigenvalue weighted by molar-refractivity contribution is 6.23. The van der Waals surface area contributed by atoms with Gasteiger partial charge in [-0.3, -0.25) is 44.1 Å². The molecule has 320 valence electrons. The van der Waals surface area contributed by atoms with Gasteiger partial charge in [-0.25, -0.2) is 4.98 Å². The number of carbonyl (C=O) groups excluding carboxylic acids is 5. The molecule has 2 aromatic carbocycles. The van der Waals surface area contributed by atoms with Crippen molar-refractivity contribution in [2.45, 2.75) is 71.4 Å². The Morgan fingerprint density at radius 3 is 2.31 bits per heavy atom. The van der Waals surface area contributed by atoms with Gasteiger partial charge in [0, 0.05) is 86.3 Å². The lowest BCUT2D eigenvalue weighted by Crippen LogP contribution is -2.64. The van der Waals surface area contributed by atoms with Crippen molar-refractivity contribution in [1.82, 2.24) is 25.1 Å². The Bertz CT molecular complexity index is 2550. The Balaban J connectivity index is 0.819. The molecule has 5 amide bonds. The number of anilines is 2. The molecule has 0 spiro atoms. The number of hydrogen-bond donors (Lipinski definition) is 2. The van der Waals surface area contributed by atoms with Crippen molar-refractivity contribution in [1.29, 1.82) is 5.26 Å². The van der Waals surface area contributed by atoms with Gasteiger partial charge in [0.2, 0.25) is 11.8 Å². The molecule has 15 heteroatoms. The van der Waals surface area contributed by atoms with Crippen molar-refractivity contribution in [3.05, 3.63) is 88.7 Å². The molecule has 2 aromatic heterocycles. The van der Waals surface area contributed by atoms with E-state index in [-0.39, 0.29) is 30.4 Å². The van der Waals surface area contributed by atoms with E-state index in [0.717, 1.165) is 80.4 Å². The first-order valence-electron chi connectivity index (χ1n) is 21.5. The Labute approximate surface area is 360 Å². The van der Waals surface area contributed by atoms with Gasteiger partial charge in [0.1, 0.15) is 29.8 Å². The summed E-state index contributed by atoms with van der Waals surface area (Å²) in [7, 11) is 0. The topological polar surface area (TPSA) is 195 Å². The molecule has 1 atom stereocenters. The van der Waals surface area contributed by atoms with Gasteiger partial charge in [-0.15, -0.1) is 0 Å². The predicted molar refractivity (Wildman–Crippen MR) is 231 cm³/mol. The molecule has 6 heterocycles. The first-order valence-corrected chi connectivity index (χ1v) is 21.5. The second-order valence-electron chi connectivity index (χ2n) is 18.6. The molecule has 15 nitrogen and oxygen atoms in total. The van der Waals surface area contributed by atoms with Gasteiger partial charge in [0.25, 0.3) is 17.7 Å². The van der Waals surface area contributed by atoms with Crippen molar-refractivity contribution >= 4 is 51.9 Å². The maximum absolute atomic E-state index is 13.4. The number of piperazine rings is 1. The van der Waals surface area contributed by atoms with Gasteiger partial charge in [0.15, 0.2) is 0 Å². The Hall–Kier alpha value is -6.40. The fourth-order valence-electron chi connectivity index (χ4n) is 11.2. The number of benzene rings is 2. The molecule has 0 radical (unpaired) electrons. The van der Waals surface area contributed by atoms with Crippen LogP contribution < -0.4 is 25.6 Å². The Morgan fingerprint density at radius 1 is 0.887 bits per heavy atom. The summed E-state index contributed by atoms with van der Waals surface area (Å²) >= 11 is 0. The van der Waals surface area contributed by atoms with Gasteiger partial charge in [-0.1, -0.05) is 27.7 Å². The lowest BCUT2D eigenvalue weighted by molar-refractivity contribution is -0.161. The van der Waals surface area contributed by atoms with E-state index in [1.165, 1.54) is 0 Å². The first-order chi connectivity index (χ1) is 29.7. The summed E-state index contributed by atoms with van der Waals surface area (Å²) in [5, 5.41) is 12.7. The quantitative estimate of drug-likeness (QED) is 0.222. The number of nitrogens with zero attached hydrogens (tertiary/aromatic N) is 7. The number of carbonyl (C=O) groups is 5. The number of nitrogens with one attached hydrogen (secondary N) is 1. The minimum absolute atomic E-state index is 0.0820. The number of nitrogens with two attached hydrogens (primary N) is 1. The van der Waals surface area contributed by atoms with Crippen LogP contribution in [0.5, 0.6) is 5.75 Å². The van der Waals surface area contributed by atoms with E-state index >= 15 is 0 Å². The van der Waals surface area contributed by atoms with Crippen LogP contribution in [0.2, 0.25) is 0 Å². The summed E-state index contributed by atoms with van der Waals surface area (Å²) in [6.45, 7) is 14.5. The number of imide groups is 2. The Morgan fingerprint density at radius 2 is 1.61 bits per heavy atom. The van der Waals surface area contributed by atoms with Gasteiger partial charge in [-0.05, 0) is 79.8 Å². The predicted octanol–water partition coefficient (Wildman–Crippen LogP) is 4.64. The minimum Gasteiger partial charge on any atom is -0.489 e. The van der Waals surface area contributed by atoms with Crippen LogP contribution in [0.25, 0.3) is 10.9 Å². The fourth-order valence-corrected chi connectivity index (χ4v) is 11.2. The van der Waals surface area contributed by atoms with E-state index in [4.69, 9.17) is 15.5 Å². The molecule has 62 heavy (non-hydrogen) atoms. The summed E-state index contributed by atoms with van der Waals surface area (Å²) < 4.78 is 6.79. The number of fused-ring (bicyclic) bond motifs is 2. The number of amides is 5. The van der Waals surface area contributed by atoms with Crippen LogP contribution in [0.3, 0.4) is 0 Å². The van der Waals surface area contributed by atoms with Crippen LogP contribution in [-0.4, -0.2) is 107 Å². The molecule has 1 unspecified atom stereocenters. The van der Waals surface area contributed by atoms with Crippen molar-refractivity contribution in [2.24, 2.45) is 22.5 Å². The molecule has 3 saturated heterocycles. The summed E-state index contributed by atoms with van der Waals surface area (Å²) in [5.41, 5.74) is 8.81. The monoisotopic (exact) mass is 837 g/mol. The van der Waals surface area contributed by atoms with E-state index in [2.05, 4.69) is 58.8 Å². The van der Waals surface area contributed by atoms with E-state index in [0.29, 0.717) is 39.6 Å². The SMILES string of the molecule is CC1(C)[C@H](Oc2ccc(C#N)c3ncccc23)C(C)(C)[C@H]1c1nc(N2CCC(CN3CCN(c4ccc5c(c4)C(=O)N(C4CCC(=O)NC4=O)C5=O)CC3)CC2)ccc1C(N)=O. The van der Waals surface area contributed by atoms with Crippen LogP contribution in [0.15, 0.2) is 60.8 Å². The van der Waals surface area contributed by atoms with E-state index < -0.39 is 46.4 Å². The normalized spacial score (nSPS) is 23.8. The average Bonchev–Trinajstić information content (AvgIpc) is 3.50. The molecule has 4 aromatic rings. The lowest BCUT2D eigenvalue weighted by Gasteiger charge is -2.63. The van der Waals surface area contributed by atoms with Crippen molar-refractivity contribution in [2.75, 3.05) is 55.6 Å². The number of piperidine rings is 2. The first kappa shape index (κ1) is 41.0. The lowest BCUT2D eigenvalue weighted by atomic mass is 9.44. The second kappa shape index (κ2) is 15.5. The zero-order valence-corrected chi connectivity index (χ0v) is 35.5. The maximum atomic E-state index is 13.4. The third-order valence-electron chi connectivity index (χ3n) is 14.0. The molecule has 1 aliphatic carbocycles. The molecule has 1 saturated carbocycles. The summed E-state index contributed by atoms with van der Waals surface area (Å²) in [6, 6.07) is 17.6. The van der Waals surface area contributed by atoms with Crippen molar-refractivity contribution in [3.63, 3.8) is 0 Å². The Kier molecular flexibility index (Phi) is 10.2. The fraction of sp³-hybridized carbons (Fsp3) is 0.447. The number of nitriles is 1. The molecule has 4 aliphatic heterocycles. The highest BCUT2D eigenvalue weighted by Crippen LogP contribution is 2.65. The molecule has 3 N–H and O–H groups in total. The number of ether oxygens (including phenoxy) is 1. The van der Waals surface area contributed by atoms with Gasteiger partial charge in [-0.2, -0.15) is 5.26 Å². The van der Waals surface area contributed by atoms with Crippen molar-refractivity contribution < 1.29 is 28.7 Å². The number of primary amides is 1. The second-order valence-corrected chi connectivity index (χ2v) is 18.6. The van der Waals surface area contributed by atoms with Crippen LogP contribution in [0, 0.1) is 28.1 Å². The molecular weight excluding hydrogens is 787 g/mol. The largest absolute Gasteiger partial charge is 0.489 e. The third kappa shape index (κ3) is 6.90. The molecular formula is C47H51N9O6. The smallest absolute Gasteiger partial charge is 0.262 e. The number of hydrogen-bond acceptors (Lipinski definition) is 12. The zero-order chi connectivity index (χ0) is 43.7. The number of pyridine rings is 2. The average molecular weight is 838 g/mol. The minimum atomic E-state index is -0.987. The van der Waals surface area contributed by atoms with Gasteiger partial charge >= 0.3 is 0 Å². The molecule has 5 aliphatic rings. The number of rotatable bonds is 9. The van der Waals surface area contributed by atoms with Crippen LogP contribution in [0.1, 0.15) is 102 Å². The number of aromatic nitrogens is 2. The third-order valence-corrected chi connectivity index (χ3v) is 14.0. The summed E-state index contributed by atoms with van der Waals surface area (Å²) in [6.07, 6.45) is 3.65. The summed E-state index contributed by atoms with van der Waals surface area (Å²) in [4.78, 5) is 81.4. The van der Waals surface area contributed by atoms with Gasteiger partial charge in [0.05, 0.1) is 33.5 Å². The van der Waals surface area contributed by atoms with Crippen LogP contribution in [-0.2, 0) is 9.59 Å². The van der Waals surface area contributed by atoms with Crippen LogP contribution >= 0.6 is 0 Å². The highest BCUT2D eigenvalue weighted by atomic mass is 16.5. The van der Waals surface area contributed by atoms with E-state index in [1.54, 1.807) is 24.4 Å². The van der Waals surface area contributed by atoms with Gasteiger partial charge < -0.3 is 20.3 Å². The van der Waals surface area contributed by atoms with Crippen LogP contribution in [0.4, 0.5) is 11.5 Å². The molecule has 9 rings (SSSR count). The molecule has 4 fully saturated rings. The molecule has 0 bridgehead atoms. The van der Waals surface area contributed by atoms with E-state index in [9.17, 15) is 29.2 Å². The van der Waals surface area contributed by atoms with E-state index in [1.807, 2.05) is 36.4 Å². The standard InChI is InChI=1S/C47H51N9O6/c1-46(2)40(47(3,4)45(46)62-35-12-7-28(25-48)38-31(35)6-5-17-50-38)39-32(41(49)58)10-13-36(51-39)55-18-15-27(16-19-55)26-53-20-22-54(23-21-53)29-8-9-30-33(24-29)44(61)56(43(30)60)34-11-14-37(57)52-42(34)59/h5-10,12-13,17,24,27,34,40,45H,11,14-16,18-23,26H2,1-4H3,(H2,49,58)(H,52,57,59)/t34?,40-,45-.